The Labute approximate surface area is 129 Å². The van der Waals surface area contributed by atoms with E-state index < -0.39 is 11.9 Å². The fourth-order valence-corrected chi connectivity index (χ4v) is 1.47. The maximum atomic E-state index is 9.78. The largest absolute Gasteiger partial charge is 0.478 e. The van der Waals surface area contributed by atoms with E-state index in [4.69, 9.17) is 5.11 Å². The quantitative estimate of drug-likeness (QED) is 0.672. The molecule has 0 aromatic heterocycles. The zero-order valence-corrected chi connectivity index (χ0v) is 11.9. The average Bonchev–Trinajstić information content (AvgIpc) is 2.54. The molecular weight excluding hydrogens is 278 g/mol. The van der Waals surface area contributed by atoms with Crippen LogP contribution in [0.2, 0.25) is 0 Å². The van der Waals surface area contributed by atoms with E-state index in [1.165, 1.54) is 11.1 Å². The molecule has 2 rings (SSSR count). The number of rotatable bonds is 4. The van der Waals surface area contributed by atoms with E-state index in [0.29, 0.717) is 6.08 Å². The first kappa shape index (κ1) is 16.9. The van der Waals surface area contributed by atoms with Crippen LogP contribution in [0.4, 0.5) is 0 Å². The molecule has 1 amide bonds. The number of benzene rings is 2. The van der Waals surface area contributed by atoms with Gasteiger partial charge in [0.05, 0.1) is 0 Å². The second-order valence-corrected chi connectivity index (χ2v) is 4.23. The lowest BCUT2D eigenvalue weighted by atomic mass is 10.1. The maximum Gasteiger partial charge on any atom is 0.328 e. The summed E-state index contributed by atoms with van der Waals surface area (Å²) in [6.45, 7) is 0. The van der Waals surface area contributed by atoms with Crippen molar-refractivity contribution in [1.82, 2.24) is 0 Å². The molecule has 0 aliphatic heterocycles. The van der Waals surface area contributed by atoms with Crippen LogP contribution in [0.5, 0.6) is 0 Å². The first-order valence-electron chi connectivity index (χ1n) is 6.56. The summed E-state index contributed by atoms with van der Waals surface area (Å²) in [6, 6.07) is 20.6. The molecule has 0 bridgehead atoms. The molecular formula is C18H17NO3. The van der Waals surface area contributed by atoms with Gasteiger partial charge in [-0.2, -0.15) is 0 Å². The summed E-state index contributed by atoms with van der Waals surface area (Å²) in [5.74, 6) is -1.93. The first-order chi connectivity index (χ1) is 10.6. The molecule has 4 nitrogen and oxygen atoms in total. The topological polar surface area (TPSA) is 80.4 Å². The van der Waals surface area contributed by atoms with Crippen molar-refractivity contribution in [3.8, 4) is 0 Å². The SMILES string of the molecule is C(=Cc1ccccc1)c1ccccc1.NC(=O)/C=C\C(=O)O. The lowest BCUT2D eigenvalue weighted by molar-refractivity contribution is -0.131. The highest BCUT2D eigenvalue weighted by molar-refractivity contribution is 5.92. The van der Waals surface area contributed by atoms with Crippen LogP contribution in [0.1, 0.15) is 11.1 Å². The van der Waals surface area contributed by atoms with Gasteiger partial charge in [0.1, 0.15) is 0 Å². The molecule has 0 aliphatic carbocycles. The molecule has 0 radical (unpaired) electrons. The molecule has 0 unspecified atom stereocenters. The Morgan fingerprint density at radius 2 is 1.18 bits per heavy atom. The predicted octanol–water partition coefficient (Wildman–Crippen LogP) is 2.97. The molecule has 0 saturated heterocycles. The van der Waals surface area contributed by atoms with Crippen LogP contribution in [-0.2, 0) is 9.59 Å². The normalized spacial score (nSPS) is 10.2. The van der Waals surface area contributed by atoms with E-state index in [2.05, 4.69) is 42.2 Å². The highest BCUT2D eigenvalue weighted by Crippen LogP contribution is 2.06. The number of carbonyl (C=O) groups is 2. The molecule has 0 atom stereocenters. The number of aliphatic carboxylic acids is 1. The van der Waals surface area contributed by atoms with Gasteiger partial charge in [-0.3, -0.25) is 4.79 Å². The van der Waals surface area contributed by atoms with E-state index in [9.17, 15) is 9.59 Å². The van der Waals surface area contributed by atoms with Gasteiger partial charge in [-0.05, 0) is 11.1 Å². The lowest BCUT2D eigenvalue weighted by Gasteiger charge is -1.92. The summed E-state index contributed by atoms with van der Waals surface area (Å²) in [4.78, 5) is 19.4. The predicted molar refractivity (Wildman–Crippen MR) is 87.8 cm³/mol. The third-order valence-electron chi connectivity index (χ3n) is 2.46. The number of carboxylic acids is 1. The summed E-state index contributed by atoms with van der Waals surface area (Å²) < 4.78 is 0. The van der Waals surface area contributed by atoms with Gasteiger partial charge in [0, 0.05) is 12.2 Å². The minimum atomic E-state index is -1.18. The van der Waals surface area contributed by atoms with E-state index in [1.807, 2.05) is 36.4 Å². The zero-order valence-electron chi connectivity index (χ0n) is 11.9. The number of carbonyl (C=O) groups excluding carboxylic acids is 1. The van der Waals surface area contributed by atoms with Gasteiger partial charge < -0.3 is 10.8 Å². The van der Waals surface area contributed by atoms with E-state index in [1.54, 1.807) is 0 Å². The molecule has 22 heavy (non-hydrogen) atoms. The number of primary amides is 1. The van der Waals surface area contributed by atoms with E-state index >= 15 is 0 Å². The molecule has 0 aliphatic rings. The summed E-state index contributed by atoms with van der Waals surface area (Å²) in [5, 5.41) is 7.87. The molecule has 0 fully saturated rings. The van der Waals surface area contributed by atoms with Gasteiger partial charge in [-0.25, -0.2) is 4.79 Å². The van der Waals surface area contributed by atoms with Crippen molar-refractivity contribution in [2.45, 2.75) is 0 Å². The molecule has 112 valence electrons. The molecule has 2 aromatic carbocycles. The number of hydrogen-bond acceptors (Lipinski definition) is 2. The van der Waals surface area contributed by atoms with Crippen LogP contribution in [0.25, 0.3) is 12.2 Å². The van der Waals surface area contributed by atoms with Crippen molar-refractivity contribution >= 4 is 24.0 Å². The second-order valence-electron chi connectivity index (χ2n) is 4.23. The standard InChI is InChI=1S/C14H12.C4H5NO3/c1-3-7-13(8-4-1)11-12-14-9-5-2-6-10-14;5-3(6)1-2-4(7)8/h1-12H;1-2H,(H2,5,6)(H,7,8)/b;2-1-. The number of hydrogen-bond donors (Lipinski definition) is 2. The van der Waals surface area contributed by atoms with Gasteiger partial charge in [-0.15, -0.1) is 0 Å². The second kappa shape index (κ2) is 9.72. The molecule has 4 heteroatoms. The molecule has 3 N–H and O–H groups in total. The fraction of sp³-hybridized carbons (Fsp3) is 0. The molecule has 0 heterocycles. The van der Waals surface area contributed by atoms with Crippen LogP contribution in [-0.4, -0.2) is 17.0 Å². The summed E-state index contributed by atoms with van der Waals surface area (Å²) in [5.41, 5.74) is 7.02. The van der Waals surface area contributed by atoms with Crippen LogP contribution < -0.4 is 5.73 Å². The van der Waals surface area contributed by atoms with E-state index in [-0.39, 0.29) is 0 Å². The highest BCUT2D eigenvalue weighted by Gasteiger charge is 1.86. The zero-order chi connectivity index (χ0) is 16.2. The summed E-state index contributed by atoms with van der Waals surface area (Å²) in [6.07, 6.45) is 5.70. The molecule has 0 saturated carbocycles. The van der Waals surface area contributed by atoms with E-state index in [0.717, 1.165) is 6.08 Å². The smallest absolute Gasteiger partial charge is 0.328 e. The van der Waals surface area contributed by atoms with Gasteiger partial charge in [0.15, 0.2) is 0 Å². The highest BCUT2D eigenvalue weighted by atomic mass is 16.4. The molecule has 0 spiro atoms. The van der Waals surface area contributed by atoms with Crippen molar-refractivity contribution in [3.05, 3.63) is 83.9 Å². The lowest BCUT2D eigenvalue weighted by Crippen LogP contribution is -2.06. The Morgan fingerprint density at radius 1 is 0.773 bits per heavy atom. The van der Waals surface area contributed by atoms with Crippen molar-refractivity contribution in [1.29, 1.82) is 0 Å². The Hall–Kier alpha value is -3.14. The van der Waals surface area contributed by atoms with Gasteiger partial charge >= 0.3 is 5.97 Å². The van der Waals surface area contributed by atoms with Crippen molar-refractivity contribution < 1.29 is 14.7 Å². The van der Waals surface area contributed by atoms with Gasteiger partial charge in [0.25, 0.3) is 0 Å². The van der Waals surface area contributed by atoms with Crippen molar-refractivity contribution in [2.75, 3.05) is 0 Å². The van der Waals surface area contributed by atoms with Crippen LogP contribution >= 0.6 is 0 Å². The maximum absolute atomic E-state index is 9.78. The summed E-state index contributed by atoms with van der Waals surface area (Å²) >= 11 is 0. The molecule has 2 aromatic rings. The fourth-order valence-electron chi connectivity index (χ4n) is 1.47. The first-order valence-corrected chi connectivity index (χ1v) is 6.56. The van der Waals surface area contributed by atoms with Gasteiger partial charge in [-0.1, -0.05) is 72.8 Å². The minimum Gasteiger partial charge on any atom is -0.478 e. The Kier molecular flexibility index (Phi) is 7.47. The van der Waals surface area contributed by atoms with Crippen molar-refractivity contribution in [3.63, 3.8) is 0 Å². The Morgan fingerprint density at radius 3 is 1.45 bits per heavy atom. The third-order valence-corrected chi connectivity index (χ3v) is 2.46. The van der Waals surface area contributed by atoms with Crippen LogP contribution in [0.15, 0.2) is 72.8 Å². The van der Waals surface area contributed by atoms with Crippen LogP contribution in [0, 0.1) is 0 Å². The average molecular weight is 295 g/mol. The minimum absolute atomic E-state index is 0.683. The number of amides is 1. The third kappa shape index (κ3) is 8.12. The van der Waals surface area contributed by atoms with Crippen molar-refractivity contribution in [2.24, 2.45) is 5.73 Å². The van der Waals surface area contributed by atoms with Crippen LogP contribution in [0.3, 0.4) is 0 Å². The Bertz CT molecular complexity index is 589. The number of carboxylic acid groups (broad SMARTS) is 1. The Balaban J connectivity index is 0.000000261. The number of nitrogens with two attached hydrogens (primary N) is 1. The monoisotopic (exact) mass is 295 g/mol. The van der Waals surface area contributed by atoms with Gasteiger partial charge in [0.2, 0.25) is 5.91 Å². The summed E-state index contributed by atoms with van der Waals surface area (Å²) in [7, 11) is 0.